The van der Waals surface area contributed by atoms with Gasteiger partial charge in [-0.2, -0.15) is 0 Å². The fourth-order valence-corrected chi connectivity index (χ4v) is 0.817. The summed E-state index contributed by atoms with van der Waals surface area (Å²) < 4.78 is 9.02. The average Bonchev–Trinajstić information content (AvgIpc) is 2.04. The number of ether oxygens (including phenoxy) is 2. The summed E-state index contributed by atoms with van der Waals surface area (Å²) in [6.45, 7) is 0.239. The van der Waals surface area contributed by atoms with Gasteiger partial charge in [0.1, 0.15) is 13.2 Å². The first kappa shape index (κ1) is 7.95. The van der Waals surface area contributed by atoms with Crippen molar-refractivity contribution in [1.29, 1.82) is 0 Å². The summed E-state index contributed by atoms with van der Waals surface area (Å²) in [6, 6.07) is 0. The topological polar surface area (TPSA) is 35.5 Å². The molecule has 1 rings (SSSR count). The molecule has 0 radical (unpaired) electrons. The molecule has 0 amide bonds. The van der Waals surface area contributed by atoms with Gasteiger partial charge in [-0.3, -0.25) is 0 Å². The van der Waals surface area contributed by atoms with Crippen molar-refractivity contribution in [2.24, 2.45) is 0 Å². The van der Waals surface area contributed by atoms with Crippen molar-refractivity contribution >= 4 is 29.4 Å². The highest BCUT2D eigenvalue weighted by Crippen LogP contribution is 2.14. The summed E-state index contributed by atoms with van der Waals surface area (Å²) in [6.07, 6.45) is -0.700. The van der Waals surface area contributed by atoms with E-state index in [9.17, 15) is 4.79 Å². The van der Waals surface area contributed by atoms with Gasteiger partial charge < -0.3 is 9.47 Å². The smallest absolute Gasteiger partial charge is 0.433 e. The minimum Gasteiger partial charge on any atom is -0.433 e. The molecule has 0 aromatic heterocycles. The number of rotatable bonds is 0. The first-order chi connectivity index (χ1) is 4.70. The molecule has 0 N–H and O–H groups in total. The van der Waals surface area contributed by atoms with Crippen molar-refractivity contribution in [3.8, 4) is 0 Å². The molecule has 0 saturated carbocycles. The van der Waals surface area contributed by atoms with Crippen LogP contribution in [0.3, 0.4) is 0 Å². The Kier molecular flexibility index (Phi) is 2.63. The van der Waals surface area contributed by atoms with Crippen LogP contribution in [0, 0.1) is 0 Å². The second-order valence-corrected chi connectivity index (χ2v) is 3.03. The first-order valence-corrected chi connectivity index (χ1v) is 3.65. The Morgan fingerprint density at radius 2 is 1.60 bits per heavy atom. The molecule has 10 heavy (non-hydrogen) atoms. The molecule has 3 nitrogen and oxygen atoms in total. The van der Waals surface area contributed by atoms with E-state index in [2.05, 4.69) is 9.47 Å². The highest BCUT2D eigenvalue weighted by Gasteiger charge is 2.24. The van der Waals surface area contributed by atoms with Crippen LogP contribution in [0.15, 0.2) is 0 Å². The van der Waals surface area contributed by atoms with Crippen molar-refractivity contribution in [2.45, 2.75) is 10.8 Å². The molecule has 1 saturated heterocycles. The van der Waals surface area contributed by atoms with Gasteiger partial charge in [-0.1, -0.05) is 0 Å². The first-order valence-electron chi connectivity index (χ1n) is 2.78. The van der Waals surface area contributed by atoms with Crippen LogP contribution >= 0.6 is 23.2 Å². The summed E-state index contributed by atoms with van der Waals surface area (Å²) in [7, 11) is 0. The number of halogens is 2. The third-order valence-electron chi connectivity index (χ3n) is 1.11. The highest BCUT2D eigenvalue weighted by molar-refractivity contribution is 6.30. The Bertz CT molecular complexity index is 125. The van der Waals surface area contributed by atoms with Crippen LogP contribution in [-0.4, -0.2) is 30.1 Å². The summed E-state index contributed by atoms with van der Waals surface area (Å²) in [5.41, 5.74) is 0. The Morgan fingerprint density at radius 3 is 2.00 bits per heavy atom. The zero-order chi connectivity index (χ0) is 7.56. The molecule has 0 aromatic rings. The SMILES string of the molecule is O=C1OCC(Cl)C(Cl)CO1. The Labute approximate surface area is 68.2 Å². The Balaban J connectivity index is 2.46. The molecule has 5 heteroatoms. The molecular formula is C5H6Cl2O3. The average molecular weight is 185 g/mol. The van der Waals surface area contributed by atoms with Gasteiger partial charge >= 0.3 is 6.16 Å². The highest BCUT2D eigenvalue weighted by atomic mass is 35.5. The second-order valence-electron chi connectivity index (χ2n) is 1.90. The van der Waals surface area contributed by atoms with E-state index in [0.29, 0.717) is 0 Å². The van der Waals surface area contributed by atoms with E-state index in [0.717, 1.165) is 0 Å². The molecule has 1 heterocycles. The fourth-order valence-electron chi connectivity index (χ4n) is 0.546. The standard InChI is InChI=1S/C5H6Cl2O3/c6-3-1-9-5(8)10-2-4(3)7/h3-4H,1-2H2. The second kappa shape index (κ2) is 3.30. The molecule has 58 valence electrons. The molecule has 2 atom stereocenters. The number of hydrogen-bond donors (Lipinski definition) is 0. The zero-order valence-electron chi connectivity index (χ0n) is 5.05. The molecular weight excluding hydrogens is 179 g/mol. The van der Waals surface area contributed by atoms with E-state index in [1.165, 1.54) is 0 Å². The lowest BCUT2D eigenvalue weighted by molar-refractivity contribution is 0.0731. The van der Waals surface area contributed by atoms with Gasteiger partial charge in [0.05, 0.1) is 10.8 Å². The number of cyclic esters (lactones) is 2. The monoisotopic (exact) mass is 184 g/mol. The van der Waals surface area contributed by atoms with Gasteiger partial charge in [0, 0.05) is 0 Å². The van der Waals surface area contributed by atoms with Crippen LogP contribution in [0.25, 0.3) is 0 Å². The van der Waals surface area contributed by atoms with E-state index >= 15 is 0 Å². The van der Waals surface area contributed by atoms with Crippen LogP contribution in [0.2, 0.25) is 0 Å². The molecule has 2 unspecified atom stereocenters. The fraction of sp³-hybridized carbons (Fsp3) is 0.800. The van der Waals surface area contributed by atoms with Crippen LogP contribution in [0.4, 0.5) is 4.79 Å². The van der Waals surface area contributed by atoms with Crippen LogP contribution in [0.1, 0.15) is 0 Å². The predicted octanol–water partition coefficient (Wildman–Crippen LogP) is 1.37. The quantitative estimate of drug-likeness (QED) is 0.422. The van der Waals surface area contributed by atoms with Crippen molar-refractivity contribution < 1.29 is 14.3 Å². The largest absolute Gasteiger partial charge is 0.508 e. The lowest BCUT2D eigenvalue weighted by atomic mass is 10.3. The molecule has 1 fully saturated rings. The molecule has 0 bridgehead atoms. The van der Waals surface area contributed by atoms with E-state index in [-0.39, 0.29) is 24.0 Å². The van der Waals surface area contributed by atoms with E-state index < -0.39 is 6.16 Å². The molecule has 1 aliphatic rings. The lowest BCUT2D eigenvalue weighted by Crippen LogP contribution is -2.20. The predicted molar refractivity (Wildman–Crippen MR) is 36.6 cm³/mol. The number of hydrogen-bond acceptors (Lipinski definition) is 3. The maximum atomic E-state index is 10.4. The van der Waals surface area contributed by atoms with E-state index in [4.69, 9.17) is 23.2 Å². The van der Waals surface area contributed by atoms with Crippen LogP contribution in [0.5, 0.6) is 0 Å². The van der Waals surface area contributed by atoms with Gasteiger partial charge in [-0.05, 0) is 0 Å². The van der Waals surface area contributed by atoms with E-state index in [1.807, 2.05) is 0 Å². The Morgan fingerprint density at radius 1 is 1.20 bits per heavy atom. The summed E-state index contributed by atoms with van der Waals surface area (Å²) in [5, 5.41) is -0.707. The maximum absolute atomic E-state index is 10.4. The van der Waals surface area contributed by atoms with Crippen molar-refractivity contribution in [3.05, 3.63) is 0 Å². The molecule has 0 spiro atoms. The van der Waals surface area contributed by atoms with Crippen LogP contribution in [-0.2, 0) is 9.47 Å². The molecule has 0 aliphatic carbocycles. The van der Waals surface area contributed by atoms with Crippen molar-refractivity contribution in [3.63, 3.8) is 0 Å². The molecule has 0 aromatic carbocycles. The summed E-state index contributed by atoms with van der Waals surface area (Å²) in [5.74, 6) is 0. The summed E-state index contributed by atoms with van der Waals surface area (Å²) in [4.78, 5) is 10.4. The van der Waals surface area contributed by atoms with Crippen molar-refractivity contribution in [2.75, 3.05) is 13.2 Å². The number of carbonyl (C=O) groups is 1. The van der Waals surface area contributed by atoms with Gasteiger partial charge in [0.25, 0.3) is 0 Å². The maximum Gasteiger partial charge on any atom is 0.508 e. The summed E-state index contributed by atoms with van der Waals surface area (Å²) >= 11 is 11.3. The van der Waals surface area contributed by atoms with Gasteiger partial charge in [-0.25, -0.2) is 4.79 Å². The van der Waals surface area contributed by atoms with Crippen LogP contribution < -0.4 is 0 Å². The minimum atomic E-state index is -0.700. The number of alkyl halides is 2. The van der Waals surface area contributed by atoms with E-state index in [1.54, 1.807) is 0 Å². The number of carbonyl (C=O) groups excluding carboxylic acids is 1. The minimum absolute atomic E-state index is 0.120. The van der Waals surface area contributed by atoms with Gasteiger partial charge in [0.2, 0.25) is 0 Å². The van der Waals surface area contributed by atoms with Gasteiger partial charge in [0.15, 0.2) is 0 Å². The normalized spacial score (nSPS) is 34.0. The molecule has 1 aliphatic heterocycles. The Hall–Kier alpha value is -0.150. The third kappa shape index (κ3) is 1.92. The van der Waals surface area contributed by atoms with Gasteiger partial charge in [-0.15, -0.1) is 23.2 Å². The van der Waals surface area contributed by atoms with Crippen molar-refractivity contribution in [1.82, 2.24) is 0 Å². The third-order valence-corrected chi connectivity index (χ3v) is 2.10. The zero-order valence-corrected chi connectivity index (χ0v) is 6.56. The lowest BCUT2D eigenvalue weighted by Gasteiger charge is -2.06.